The Morgan fingerprint density at radius 2 is 1.96 bits per heavy atom. The fourth-order valence-electron chi connectivity index (χ4n) is 3.31. The van der Waals surface area contributed by atoms with Crippen molar-refractivity contribution in [2.45, 2.75) is 44.7 Å². The molecule has 0 unspecified atom stereocenters. The first-order chi connectivity index (χ1) is 10.8. The summed E-state index contributed by atoms with van der Waals surface area (Å²) in [5.74, 6) is 0.0993. The van der Waals surface area contributed by atoms with Crippen LogP contribution in [0.2, 0.25) is 0 Å². The molecule has 1 aliphatic heterocycles. The van der Waals surface area contributed by atoms with Gasteiger partial charge in [0.05, 0.1) is 11.0 Å². The predicted octanol–water partition coefficient (Wildman–Crippen LogP) is 1.62. The molecule has 6 nitrogen and oxygen atoms in total. The molecule has 1 aromatic carbocycles. The summed E-state index contributed by atoms with van der Waals surface area (Å²) >= 11 is 0. The molecule has 0 spiro atoms. The van der Waals surface area contributed by atoms with Gasteiger partial charge in [0.25, 0.3) is 0 Å². The largest absolute Gasteiger partial charge is 0.342 e. The van der Waals surface area contributed by atoms with Gasteiger partial charge in [-0.1, -0.05) is 12.1 Å². The van der Waals surface area contributed by atoms with Crippen molar-refractivity contribution in [3.05, 3.63) is 34.7 Å². The van der Waals surface area contributed by atoms with Crippen molar-refractivity contribution < 1.29 is 4.79 Å². The minimum atomic E-state index is -0.484. The molecular formula is C17H24N4O2. The van der Waals surface area contributed by atoms with Crippen molar-refractivity contribution in [3.63, 3.8) is 0 Å². The Hall–Kier alpha value is -2.08. The van der Waals surface area contributed by atoms with Crippen molar-refractivity contribution in [1.82, 2.24) is 14.5 Å². The summed E-state index contributed by atoms with van der Waals surface area (Å²) in [6.45, 7) is 5.07. The molecule has 0 aliphatic carbocycles. The molecule has 0 atom stereocenters. The molecule has 1 fully saturated rings. The zero-order chi connectivity index (χ0) is 16.6. The number of nitrogens with two attached hydrogens (primary N) is 1. The van der Waals surface area contributed by atoms with Crippen LogP contribution in [0.15, 0.2) is 29.1 Å². The number of aromatic amines is 1. The minimum Gasteiger partial charge on any atom is -0.342 e. The molecule has 0 radical (unpaired) electrons. The summed E-state index contributed by atoms with van der Waals surface area (Å²) in [5.41, 5.74) is 7.18. The molecule has 23 heavy (non-hydrogen) atoms. The molecule has 3 rings (SSSR count). The number of carbonyl (C=O) groups is 1. The number of H-pyrrole nitrogens is 1. The van der Waals surface area contributed by atoms with E-state index in [0.29, 0.717) is 19.5 Å². The van der Waals surface area contributed by atoms with Crippen molar-refractivity contribution in [2.75, 3.05) is 13.1 Å². The lowest BCUT2D eigenvalue weighted by atomic mass is 9.99. The van der Waals surface area contributed by atoms with Crippen molar-refractivity contribution in [3.8, 4) is 0 Å². The molecule has 1 saturated heterocycles. The number of para-hydroxylation sites is 2. The quantitative estimate of drug-likeness (QED) is 0.902. The Morgan fingerprint density at radius 3 is 2.61 bits per heavy atom. The zero-order valence-corrected chi connectivity index (χ0v) is 13.7. The summed E-state index contributed by atoms with van der Waals surface area (Å²) in [6, 6.07) is 7.86. The zero-order valence-electron chi connectivity index (χ0n) is 13.7. The number of likely N-dealkylation sites (tertiary alicyclic amines) is 1. The maximum Gasteiger partial charge on any atom is 0.326 e. The summed E-state index contributed by atoms with van der Waals surface area (Å²) in [5, 5.41) is 0. The van der Waals surface area contributed by atoms with Crippen LogP contribution in [-0.2, 0) is 4.79 Å². The molecule has 0 bridgehead atoms. The van der Waals surface area contributed by atoms with Gasteiger partial charge in [-0.05, 0) is 38.8 Å². The molecule has 1 aromatic heterocycles. The van der Waals surface area contributed by atoms with Gasteiger partial charge in [-0.2, -0.15) is 0 Å². The Balaban J connectivity index is 1.73. The van der Waals surface area contributed by atoms with Crippen LogP contribution in [0.1, 0.15) is 39.2 Å². The van der Waals surface area contributed by atoms with Crippen LogP contribution in [0.5, 0.6) is 0 Å². The molecule has 0 saturated carbocycles. The Bertz CT molecular complexity index is 761. The summed E-state index contributed by atoms with van der Waals surface area (Å²) in [4.78, 5) is 29.3. The topological polar surface area (TPSA) is 84.1 Å². The number of hydrogen-bond donors (Lipinski definition) is 2. The van der Waals surface area contributed by atoms with Gasteiger partial charge in [0.2, 0.25) is 5.91 Å². The van der Waals surface area contributed by atoms with Crippen LogP contribution < -0.4 is 11.4 Å². The number of benzene rings is 1. The summed E-state index contributed by atoms with van der Waals surface area (Å²) in [6.07, 6.45) is 1.93. The van der Waals surface area contributed by atoms with Gasteiger partial charge < -0.3 is 15.6 Å². The van der Waals surface area contributed by atoms with E-state index in [1.807, 2.05) is 47.6 Å². The van der Waals surface area contributed by atoms with E-state index in [1.165, 1.54) is 0 Å². The average Bonchev–Trinajstić information content (AvgIpc) is 2.81. The number of nitrogens with one attached hydrogen (secondary N) is 1. The second-order valence-corrected chi connectivity index (χ2v) is 7.09. The van der Waals surface area contributed by atoms with Crippen LogP contribution in [-0.4, -0.2) is 39.0 Å². The number of imidazole rings is 1. The van der Waals surface area contributed by atoms with E-state index >= 15 is 0 Å². The van der Waals surface area contributed by atoms with E-state index < -0.39 is 5.54 Å². The fraction of sp³-hybridized carbons (Fsp3) is 0.529. The number of fused-ring (bicyclic) bond motifs is 1. The van der Waals surface area contributed by atoms with Crippen molar-refractivity contribution in [1.29, 1.82) is 0 Å². The number of amides is 1. The number of piperidine rings is 1. The standard InChI is InChI=1S/C17H24N4O2/c1-17(2,18)11-15(22)20-9-7-12(8-10-20)21-14-6-4-3-5-13(14)19-16(21)23/h3-6,12H,7-11,18H2,1-2H3,(H,19,23). The fourth-order valence-corrected chi connectivity index (χ4v) is 3.31. The maximum absolute atomic E-state index is 12.3. The third-order valence-electron chi connectivity index (χ3n) is 4.41. The molecule has 1 amide bonds. The summed E-state index contributed by atoms with van der Waals surface area (Å²) in [7, 11) is 0. The number of carbonyl (C=O) groups excluding carboxylic acids is 1. The minimum absolute atomic E-state index is 0.0703. The lowest BCUT2D eigenvalue weighted by molar-refractivity contribution is -0.133. The number of hydrogen-bond acceptors (Lipinski definition) is 3. The van der Waals surface area contributed by atoms with Gasteiger partial charge in [0, 0.05) is 31.1 Å². The number of rotatable bonds is 3. The first-order valence-electron chi connectivity index (χ1n) is 8.11. The normalized spacial score (nSPS) is 16.9. The molecule has 2 heterocycles. The molecule has 1 aliphatic rings. The van der Waals surface area contributed by atoms with Gasteiger partial charge in [-0.15, -0.1) is 0 Å². The van der Waals surface area contributed by atoms with Crippen LogP contribution in [0.25, 0.3) is 11.0 Å². The molecule has 3 N–H and O–H groups in total. The number of nitrogens with zero attached hydrogens (tertiary/aromatic N) is 2. The van der Waals surface area contributed by atoms with Crippen LogP contribution in [0, 0.1) is 0 Å². The monoisotopic (exact) mass is 316 g/mol. The lowest BCUT2D eigenvalue weighted by Crippen LogP contribution is -2.45. The van der Waals surface area contributed by atoms with E-state index in [-0.39, 0.29) is 17.6 Å². The second-order valence-electron chi connectivity index (χ2n) is 7.09. The second kappa shape index (κ2) is 5.85. The molecule has 124 valence electrons. The Morgan fingerprint density at radius 1 is 1.30 bits per heavy atom. The Labute approximate surface area is 135 Å². The van der Waals surface area contributed by atoms with E-state index in [0.717, 1.165) is 23.9 Å². The van der Waals surface area contributed by atoms with Gasteiger partial charge in [0.1, 0.15) is 0 Å². The highest BCUT2D eigenvalue weighted by atomic mass is 16.2. The lowest BCUT2D eigenvalue weighted by Gasteiger charge is -2.34. The van der Waals surface area contributed by atoms with Gasteiger partial charge in [-0.3, -0.25) is 9.36 Å². The van der Waals surface area contributed by atoms with Crippen molar-refractivity contribution in [2.24, 2.45) is 5.73 Å². The molecular weight excluding hydrogens is 292 g/mol. The first-order valence-corrected chi connectivity index (χ1v) is 8.11. The van der Waals surface area contributed by atoms with Crippen LogP contribution in [0.4, 0.5) is 0 Å². The van der Waals surface area contributed by atoms with E-state index in [4.69, 9.17) is 5.73 Å². The van der Waals surface area contributed by atoms with Gasteiger partial charge in [0.15, 0.2) is 0 Å². The highest BCUT2D eigenvalue weighted by molar-refractivity contribution is 5.77. The van der Waals surface area contributed by atoms with Crippen LogP contribution >= 0.6 is 0 Å². The predicted molar refractivity (Wildman–Crippen MR) is 90.3 cm³/mol. The van der Waals surface area contributed by atoms with E-state index in [1.54, 1.807) is 0 Å². The van der Waals surface area contributed by atoms with Gasteiger partial charge >= 0.3 is 5.69 Å². The van der Waals surface area contributed by atoms with E-state index in [2.05, 4.69) is 4.98 Å². The highest BCUT2D eigenvalue weighted by Gasteiger charge is 2.28. The smallest absolute Gasteiger partial charge is 0.326 e. The maximum atomic E-state index is 12.3. The average molecular weight is 316 g/mol. The summed E-state index contributed by atoms with van der Waals surface area (Å²) < 4.78 is 1.84. The third kappa shape index (κ3) is 3.32. The Kier molecular flexibility index (Phi) is 4.02. The van der Waals surface area contributed by atoms with Crippen molar-refractivity contribution >= 4 is 16.9 Å². The SMILES string of the molecule is CC(C)(N)CC(=O)N1CCC(n2c(=O)[nH]c3ccccc32)CC1. The van der Waals surface area contributed by atoms with Crippen LogP contribution in [0.3, 0.4) is 0 Å². The third-order valence-corrected chi connectivity index (χ3v) is 4.41. The highest BCUT2D eigenvalue weighted by Crippen LogP contribution is 2.25. The van der Waals surface area contributed by atoms with Gasteiger partial charge in [-0.25, -0.2) is 4.79 Å². The first kappa shape index (κ1) is 15.8. The number of aromatic nitrogens is 2. The molecule has 2 aromatic rings. The molecule has 6 heteroatoms. The van der Waals surface area contributed by atoms with E-state index in [9.17, 15) is 9.59 Å².